The van der Waals surface area contributed by atoms with Crippen molar-refractivity contribution >= 4 is 5.91 Å². The minimum absolute atomic E-state index is 0.177. The molecular weight excluding hydrogens is 240 g/mol. The molecule has 0 atom stereocenters. The van der Waals surface area contributed by atoms with Crippen molar-refractivity contribution in [2.45, 2.75) is 32.1 Å². The van der Waals surface area contributed by atoms with Gasteiger partial charge in [0, 0.05) is 19.4 Å². The van der Waals surface area contributed by atoms with Crippen LogP contribution in [0.5, 0.6) is 0 Å². The van der Waals surface area contributed by atoms with Crippen LogP contribution in [0.3, 0.4) is 0 Å². The normalized spacial score (nSPS) is 11.6. The summed E-state index contributed by atoms with van der Waals surface area (Å²) in [6.07, 6.45) is 4.79. The third kappa shape index (κ3) is 15.3. The largest absolute Gasteiger partial charge is 0.356 e. The number of hydrogen-bond acceptors (Lipinski definition) is 3. The number of rotatable bonds is 12. The van der Waals surface area contributed by atoms with E-state index in [1.165, 1.54) is 0 Å². The molecule has 0 radical (unpaired) electrons. The fraction of sp³-hybridized carbons (Fsp3) is 0.929. The van der Waals surface area contributed by atoms with Crippen molar-refractivity contribution in [1.29, 1.82) is 0 Å². The SMILES string of the molecule is C[N+](C)(C)CCCC(=O)NCCCNCCCCN. The molecule has 5 heteroatoms. The van der Waals surface area contributed by atoms with Gasteiger partial charge in [-0.05, 0) is 38.9 Å². The summed E-state index contributed by atoms with van der Waals surface area (Å²) in [4.78, 5) is 11.6. The van der Waals surface area contributed by atoms with Gasteiger partial charge in [0.2, 0.25) is 5.91 Å². The van der Waals surface area contributed by atoms with Gasteiger partial charge in [0.1, 0.15) is 0 Å². The van der Waals surface area contributed by atoms with Crippen molar-refractivity contribution in [2.24, 2.45) is 5.73 Å². The molecule has 0 rings (SSSR count). The zero-order valence-electron chi connectivity index (χ0n) is 13.0. The number of carbonyl (C=O) groups is 1. The average molecular weight is 273 g/mol. The zero-order valence-corrected chi connectivity index (χ0v) is 13.0. The Balaban J connectivity index is 3.25. The molecule has 0 aromatic rings. The van der Waals surface area contributed by atoms with Crippen LogP contribution in [0.25, 0.3) is 0 Å². The lowest BCUT2D eigenvalue weighted by Crippen LogP contribution is -2.36. The summed E-state index contributed by atoms with van der Waals surface area (Å²) in [5, 5.41) is 6.31. The number of carbonyl (C=O) groups excluding carboxylic acids is 1. The Hall–Kier alpha value is -0.650. The van der Waals surface area contributed by atoms with Gasteiger partial charge in [-0.1, -0.05) is 0 Å². The van der Waals surface area contributed by atoms with E-state index in [0.29, 0.717) is 6.42 Å². The predicted molar refractivity (Wildman–Crippen MR) is 80.9 cm³/mol. The molecule has 0 aromatic heterocycles. The lowest BCUT2D eigenvalue weighted by atomic mass is 10.2. The molecule has 0 saturated carbocycles. The van der Waals surface area contributed by atoms with Crippen LogP contribution in [0.1, 0.15) is 32.1 Å². The fourth-order valence-corrected chi connectivity index (χ4v) is 1.76. The number of unbranched alkanes of at least 4 members (excludes halogenated alkanes) is 1. The Labute approximate surface area is 118 Å². The highest BCUT2D eigenvalue weighted by Gasteiger charge is 2.08. The monoisotopic (exact) mass is 273 g/mol. The molecular formula is C14H33N4O+. The maximum Gasteiger partial charge on any atom is 0.220 e. The first kappa shape index (κ1) is 18.4. The highest BCUT2D eigenvalue weighted by Crippen LogP contribution is 1.97. The minimum atomic E-state index is 0.177. The van der Waals surface area contributed by atoms with E-state index < -0.39 is 0 Å². The van der Waals surface area contributed by atoms with Crippen LogP contribution in [0, 0.1) is 0 Å². The molecule has 0 saturated heterocycles. The van der Waals surface area contributed by atoms with Crippen LogP contribution >= 0.6 is 0 Å². The summed E-state index contributed by atoms with van der Waals surface area (Å²) >= 11 is 0. The summed E-state index contributed by atoms with van der Waals surface area (Å²) in [6, 6.07) is 0. The number of nitrogens with two attached hydrogens (primary N) is 1. The Kier molecular flexibility index (Phi) is 10.8. The third-order valence-corrected chi connectivity index (χ3v) is 2.89. The molecule has 0 unspecified atom stereocenters. The molecule has 5 nitrogen and oxygen atoms in total. The summed E-state index contributed by atoms with van der Waals surface area (Å²) in [6.45, 7) is 4.56. The Morgan fingerprint density at radius 1 is 1.00 bits per heavy atom. The molecule has 1 amide bonds. The minimum Gasteiger partial charge on any atom is -0.356 e. The van der Waals surface area contributed by atoms with Gasteiger partial charge in [0.05, 0.1) is 27.7 Å². The van der Waals surface area contributed by atoms with Crippen LogP contribution in [-0.2, 0) is 4.79 Å². The standard InChI is InChI=1S/C14H32N4O/c1-18(2,3)13-6-8-14(19)17-12-7-11-16-10-5-4-9-15/h16H,4-13,15H2,1-3H3/p+1. The quantitative estimate of drug-likeness (QED) is 0.354. The fourth-order valence-electron chi connectivity index (χ4n) is 1.76. The second-order valence-corrected chi connectivity index (χ2v) is 6.07. The van der Waals surface area contributed by atoms with Crippen molar-refractivity contribution in [3.63, 3.8) is 0 Å². The van der Waals surface area contributed by atoms with E-state index in [9.17, 15) is 4.79 Å². The first-order chi connectivity index (χ1) is 8.95. The van der Waals surface area contributed by atoms with Crippen molar-refractivity contribution in [3.05, 3.63) is 0 Å². The molecule has 0 bridgehead atoms. The molecule has 0 aromatic carbocycles. The highest BCUT2D eigenvalue weighted by molar-refractivity contribution is 5.75. The Bertz CT molecular complexity index is 226. The van der Waals surface area contributed by atoms with Crippen LogP contribution in [0.15, 0.2) is 0 Å². The number of quaternary nitrogens is 1. The number of hydrogen-bond donors (Lipinski definition) is 3. The number of amides is 1. The summed E-state index contributed by atoms with van der Waals surface area (Å²) in [5.74, 6) is 0.177. The lowest BCUT2D eigenvalue weighted by Gasteiger charge is -2.23. The van der Waals surface area contributed by atoms with E-state index in [4.69, 9.17) is 5.73 Å². The molecule has 0 heterocycles. The lowest BCUT2D eigenvalue weighted by molar-refractivity contribution is -0.870. The van der Waals surface area contributed by atoms with Gasteiger partial charge in [0.15, 0.2) is 0 Å². The first-order valence-electron chi connectivity index (χ1n) is 7.43. The molecule has 0 aliphatic carbocycles. The Morgan fingerprint density at radius 3 is 2.32 bits per heavy atom. The van der Waals surface area contributed by atoms with Gasteiger partial charge in [-0.3, -0.25) is 4.79 Å². The van der Waals surface area contributed by atoms with Gasteiger partial charge >= 0.3 is 0 Å². The Morgan fingerprint density at radius 2 is 1.68 bits per heavy atom. The van der Waals surface area contributed by atoms with Gasteiger partial charge in [-0.15, -0.1) is 0 Å². The van der Waals surface area contributed by atoms with Gasteiger partial charge in [-0.2, -0.15) is 0 Å². The van der Waals surface area contributed by atoms with Crippen molar-refractivity contribution in [3.8, 4) is 0 Å². The second kappa shape index (κ2) is 11.2. The molecule has 19 heavy (non-hydrogen) atoms. The highest BCUT2D eigenvalue weighted by atomic mass is 16.1. The molecule has 4 N–H and O–H groups in total. The smallest absolute Gasteiger partial charge is 0.220 e. The van der Waals surface area contributed by atoms with E-state index in [0.717, 1.165) is 62.9 Å². The summed E-state index contributed by atoms with van der Waals surface area (Å²) in [7, 11) is 6.44. The maximum absolute atomic E-state index is 11.6. The predicted octanol–water partition coefficient (Wildman–Crippen LogP) is 0.308. The van der Waals surface area contributed by atoms with Crippen molar-refractivity contribution in [1.82, 2.24) is 10.6 Å². The molecule has 114 valence electrons. The van der Waals surface area contributed by atoms with Gasteiger partial charge in [0.25, 0.3) is 0 Å². The van der Waals surface area contributed by atoms with E-state index in [-0.39, 0.29) is 5.91 Å². The summed E-state index contributed by atoms with van der Waals surface area (Å²) < 4.78 is 0.917. The van der Waals surface area contributed by atoms with Gasteiger partial charge in [-0.25, -0.2) is 0 Å². The molecule has 0 spiro atoms. The maximum atomic E-state index is 11.6. The third-order valence-electron chi connectivity index (χ3n) is 2.89. The van der Waals surface area contributed by atoms with Crippen molar-refractivity contribution < 1.29 is 9.28 Å². The topological polar surface area (TPSA) is 67.2 Å². The van der Waals surface area contributed by atoms with Crippen LogP contribution in [0.2, 0.25) is 0 Å². The summed E-state index contributed by atoms with van der Waals surface area (Å²) in [5.41, 5.74) is 5.41. The number of nitrogens with one attached hydrogen (secondary N) is 2. The van der Waals surface area contributed by atoms with Gasteiger partial charge < -0.3 is 20.9 Å². The average Bonchev–Trinajstić information content (AvgIpc) is 2.31. The van der Waals surface area contributed by atoms with E-state index in [1.54, 1.807) is 0 Å². The van der Waals surface area contributed by atoms with Crippen molar-refractivity contribution in [2.75, 3.05) is 53.9 Å². The van der Waals surface area contributed by atoms with Crippen LogP contribution < -0.4 is 16.4 Å². The molecule has 0 aliphatic rings. The second-order valence-electron chi connectivity index (χ2n) is 6.07. The van der Waals surface area contributed by atoms with E-state index in [2.05, 4.69) is 31.8 Å². The van der Waals surface area contributed by atoms with E-state index >= 15 is 0 Å². The van der Waals surface area contributed by atoms with Crippen LogP contribution in [0.4, 0.5) is 0 Å². The van der Waals surface area contributed by atoms with Crippen LogP contribution in [-0.4, -0.2) is 64.3 Å². The molecule has 0 fully saturated rings. The first-order valence-corrected chi connectivity index (χ1v) is 7.43. The zero-order chi connectivity index (χ0) is 14.6. The number of nitrogens with zero attached hydrogens (tertiary/aromatic N) is 1. The van der Waals surface area contributed by atoms with E-state index in [1.807, 2.05) is 0 Å². The molecule has 0 aliphatic heterocycles.